The average Bonchev–Trinajstić information content (AvgIpc) is 1.41. The Morgan fingerprint density at radius 1 is 0.567 bits per heavy atom. The van der Waals surface area contributed by atoms with E-state index in [4.69, 9.17) is 10.5 Å². The molecule has 2 aromatic carbocycles. The first-order valence-electron chi connectivity index (χ1n) is 36.6. The summed E-state index contributed by atoms with van der Waals surface area (Å²) in [6, 6.07) is 1.77. The second-order valence-corrected chi connectivity index (χ2v) is 29.0. The van der Waals surface area contributed by atoms with Crippen LogP contribution in [0, 0.1) is 66.6 Å². The van der Waals surface area contributed by atoms with Crippen molar-refractivity contribution in [2.75, 3.05) is 47.4 Å². The molecule has 0 bridgehead atoms. The normalized spacial score (nSPS) is 22.6. The lowest BCUT2D eigenvalue weighted by molar-refractivity contribution is -0.385. The summed E-state index contributed by atoms with van der Waals surface area (Å²) in [5.74, 6) is -2.27. The first kappa shape index (κ1) is 86.9. The Kier molecular flexibility index (Phi) is 35.5. The molecule has 12 unspecified atom stereocenters. The topological polar surface area (TPSA) is 513 Å². The van der Waals surface area contributed by atoms with Crippen LogP contribution in [-0.4, -0.2) is 197 Å². The molecule has 0 spiro atoms. The number of aliphatic carboxylic acids is 2. The lowest BCUT2D eigenvalue weighted by Gasteiger charge is -2.61. The van der Waals surface area contributed by atoms with Crippen LogP contribution in [0.2, 0.25) is 0 Å². The van der Waals surface area contributed by atoms with Gasteiger partial charge in [-0.3, -0.25) is 49.0 Å². The van der Waals surface area contributed by atoms with Crippen LogP contribution in [0.25, 0.3) is 0 Å². The summed E-state index contributed by atoms with van der Waals surface area (Å²) in [5.41, 5.74) is 4.47. The maximum Gasteiger partial charge on any atom is 0.488 e. The fraction of sp³-hybridized carbons (Fsp3) is 0.700. The van der Waals surface area contributed by atoms with Gasteiger partial charge >= 0.3 is 32.1 Å². The lowest BCUT2D eigenvalue weighted by atomic mass is 9.44. The molecule has 4 saturated carbocycles. The van der Waals surface area contributed by atoms with Crippen molar-refractivity contribution in [3.05, 3.63) is 67.8 Å². The van der Waals surface area contributed by atoms with Gasteiger partial charge < -0.3 is 88.4 Å². The third-order valence-electron chi connectivity index (χ3n) is 22.3. The van der Waals surface area contributed by atoms with E-state index in [1.165, 1.54) is 39.2 Å². The fourth-order valence-corrected chi connectivity index (χ4v) is 16.5. The van der Waals surface area contributed by atoms with E-state index >= 15 is 0 Å². The highest BCUT2D eigenvalue weighted by Crippen LogP contribution is 2.68. The molecule has 4 aliphatic carbocycles. The maximum atomic E-state index is 13.1. The molecule has 0 aliphatic heterocycles. The van der Waals surface area contributed by atoms with Crippen molar-refractivity contribution >= 4 is 89.9 Å². The standard InChI is InChI=1S/C49H77BN6O13.C21H34BN5O8/c1-29(36-14-15-37-35-13-12-31-27-34(57)19-21-48(31,2)38(35)20-22-49(36,37)3)11-17-43(59)54-41(47(64)65)16-18-42(58)52-23-7-5-9-39(51-4)45(61)55-40(46(62)63)10-6-8-24-53-44(60)30-25-32(50(66)67)28-33(26-30)56(68)69;1-24-17(7-3-5-9-23)20(29)26-18(21(30)35-2)8-4-6-10-25-19(28)14-11-15(22(31)32)13-16(12-14)27(33)34/h25-26,28-29,31,34-41,51,57,66-67H,5-24,27H2,1-4H3,(H,52,58)(H,53,60)(H,54,59)(H,55,61)(H,62,63)(H,64,65);11-13,17-18,24,31-32H,3-10,23H2,1-2H3,(H,25,28)(H,26,29)/t29?,31?,34?,35?,36?,37?,38?,39?,40?,41?,48-,49+;/m1./s1. The number of carboxylic acids is 2. The number of esters is 1. The molecule has 578 valence electrons. The SMILES string of the molecule is CNC(CCCCN)C(=O)NC(CCCCNC(=O)c1cc(B(O)O)cc([N+](=O)[O-])c1)C(=O)OC.CNC(CCCCNC(=O)CCC(NC(=O)CCC(C)C1CCC2C3CCC4CC(O)CC[C@@]4(C)C3CC[C@@]12C)C(=O)O)C(=O)NC(CCCCNC(=O)c1cc(B(O)O)cc([N+](=O)[O-])c1)C(=O)O. The molecule has 17 N–H and O–H groups in total. The van der Waals surface area contributed by atoms with Crippen LogP contribution in [0.4, 0.5) is 11.4 Å². The van der Waals surface area contributed by atoms with Gasteiger partial charge in [0.15, 0.2) is 0 Å². The van der Waals surface area contributed by atoms with E-state index in [0.717, 1.165) is 86.8 Å². The quantitative estimate of drug-likeness (QED) is 0.0148. The Morgan fingerprint density at radius 2 is 1.03 bits per heavy atom. The van der Waals surface area contributed by atoms with Crippen LogP contribution in [0.3, 0.4) is 0 Å². The highest BCUT2D eigenvalue weighted by Gasteiger charge is 2.60. The third-order valence-corrected chi connectivity index (χ3v) is 22.3. The molecule has 6 amide bonds. The molecule has 4 fully saturated rings. The number of carboxylic acid groups (broad SMARTS) is 2. The Hall–Kier alpha value is -7.72. The zero-order valence-corrected chi connectivity index (χ0v) is 60.9. The predicted molar refractivity (Wildman–Crippen MR) is 386 cm³/mol. The molecule has 104 heavy (non-hydrogen) atoms. The smallest absolute Gasteiger partial charge is 0.480 e. The minimum Gasteiger partial charge on any atom is -0.480 e. The van der Waals surface area contributed by atoms with Crippen LogP contribution in [0.1, 0.15) is 202 Å². The van der Waals surface area contributed by atoms with Gasteiger partial charge in [0, 0.05) is 67.9 Å². The number of unbranched alkanes of at least 4 members (excludes halogenated alkanes) is 4. The number of hydrogen-bond acceptors (Lipinski definition) is 22. The van der Waals surface area contributed by atoms with Gasteiger partial charge in [-0.15, -0.1) is 0 Å². The Balaban J connectivity index is 0.000000467. The number of nitrogens with two attached hydrogens (primary N) is 1. The number of hydrogen-bond donors (Lipinski definition) is 16. The van der Waals surface area contributed by atoms with Gasteiger partial charge in [0.25, 0.3) is 23.2 Å². The van der Waals surface area contributed by atoms with E-state index in [0.29, 0.717) is 93.4 Å². The third kappa shape index (κ3) is 25.5. The summed E-state index contributed by atoms with van der Waals surface area (Å²) in [6.07, 6.45) is 16.2. The summed E-state index contributed by atoms with van der Waals surface area (Å²) in [7, 11) is 0.478. The fourth-order valence-electron chi connectivity index (χ4n) is 16.5. The van der Waals surface area contributed by atoms with Crippen LogP contribution in [-0.2, 0) is 38.3 Å². The number of carbonyl (C=O) groups is 9. The van der Waals surface area contributed by atoms with Crippen LogP contribution < -0.4 is 59.2 Å². The summed E-state index contributed by atoms with van der Waals surface area (Å²) >= 11 is 0. The van der Waals surface area contributed by atoms with Crippen LogP contribution >= 0.6 is 0 Å². The second kappa shape index (κ2) is 42.4. The molecule has 0 aromatic heterocycles. The van der Waals surface area contributed by atoms with Gasteiger partial charge in [0.1, 0.15) is 18.1 Å². The zero-order chi connectivity index (χ0) is 77.0. The number of non-ortho nitro benzene ring substituents is 2. The van der Waals surface area contributed by atoms with Gasteiger partial charge in [-0.2, -0.15) is 0 Å². The Bertz CT molecular complexity index is 3250. The van der Waals surface area contributed by atoms with Crippen LogP contribution in [0.5, 0.6) is 0 Å². The number of nitro benzene ring substituents is 2. The molecule has 0 heterocycles. The van der Waals surface area contributed by atoms with Crippen molar-refractivity contribution in [2.24, 2.45) is 52.1 Å². The molecule has 14 atom stereocenters. The molecule has 2 aromatic rings. The minimum absolute atomic E-state index is 0.0539. The number of nitrogens with one attached hydrogen (secondary N) is 8. The van der Waals surface area contributed by atoms with Crippen molar-refractivity contribution in [1.29, 1.82) is 0 Å². The zero-order valence-electron chi connectivity index (χ0n) is 60.9. The summed E-state index contributed by atoms with van der Waals surface area (Å²) < 4.78 is 4.78. The number of methoxy groups -OCH3 is 1. The highest BCUT2D eigenvalue weighted by atomic mass is 16.6. The van der Waals surface area contributed by atoms with Crippen molar-refractivity contribution in [1.82, 2.24) is 42.5 Å². The van der Waals surface area contributed by atoms with E-state index in [-0.39, 0.29) is 103 Å². The number of rotatable bonds is 42. The largest absolute Gasteiger partial charge is 0.488 e. The first-order valence-corrected chi connectivity index (χ1v) is 36.6. The van der Waals surface area contributed by atoms with Crippen molar-refractivity contribution in [3.8, 4) is 0 Å². The number of aliphatic hydroxyl groups excluding tert-OH is 1. The first-order chi connectivity index (χ1) is 49.3. The van der Waals surface area contributed by atoms with E-state index in [1.807, 2.05) is 0 Å². The summed E-state index contributed by atoms with van der Waals surface area (Å²) in [4.78, 5) is 133. The Labute approximate surface area is 608 Å². The molecule has 0 radical (unpaired) electrons. The second-order valence-electron chi connectivity index (χ2n) is 29.0. The number of amides is 6. The molecular formula is C70H111B2N11O21. The van der Waals surface area contributed by atoms with Gasteiger partial charge in [-0.25, -0.2) is 14.4 Å². The predicted octanol–water partition coefficient (Wildman–Crippen LogP) is 1.95. The number of nitrogens with zero attached hydrogens (tertiary/aromatic N) is 2. The van der Waals surface area contributed by atoms with Crippen molar-refractivity contribution in [3.63, 3.8) is 0 Å². The number of benzene rings is 2. The van der Waals surface area contributed by atoms with E-state index in [1.54, 1.807) is 14.1 Å². The molecular weight excluding hydrogens is 1350 g/mol. The highest BCUT2D eigenvalue weighted by molar-refractivity contribution is 6.59. The van der Waals surface area contributed by atoms with E-state index in [2.05, 4.69) is 63.3 Å². The van der Waals surface area contributed by atoms with Crippen molar-refractivity contribution < 1.29 is 93.1 Å². The number of fused-ring (bicyclic) bond motifs is 5. The minimum atomic E-state index is -2.02. The lowest BCUT2D eigenvalue weighted by Crippen LogP contribution is -2.54. The van der Waals surface area contributed by atoms with Gasteiger partial charge in [0.05, 0.1) is 35.1 Å². The molecule has 4 aliphatic rings. The van der Waals surface area contributed by atoms with Gasteiger partial charge in [-0.05, 0) is 231 Å². The number of carbonyl (C=O) groups excluding carboxylic acids is 7. The molecule has 32 nitrogen and oxygen atoms in total. The number of ether oxygens (including phenoxy) is 1. The van der Waals surface area contributed by atoms with Crippen molar-refractivity contribution in [2.45, 2.75) is 218 Å². The van der Waals surface area contributed by atoms with E-state index in [9.17, 15) is 98.8 Å². The van der Waals surface area contributed by atoms with Crippen LogP contribution in [0.15, 0.2) is 36.4 Å². The summed E-state index contributed by atoms with van der Waals surface area (Å²) in [5, 5.41) is 111. The number of likely N-dealkylation sites (N-methyl/N-ethyl adjacent to an activating group) is 2. The molecule has 34 heteroatoms. The Morgan fingerprint density at radius 3 is 1.52 bits per heavy atom. The molecule has 0 saturated heterocycles. The average molecular weight is 1460 g/mol. The monoisotopic (exact) mass is 1460 g/mol. The van der Waals surface area contributed by atoms with E-state index < -0.39 is 101 Å². The van der Waals surface area contributed by atoms with Gasteiger partial charge in [-0.1, -0.05) is 27.2 Å². The van der Waals surface area contributed by atoms with Gasteiger partial charge in [0.2, 0.25) is 23.6 Å². The number of aliphatic hydroxyl groups is 1. The molecule has 6 rings (SSSR count). The summed E-state index contributed by atoms with van der Waals surface area (Å²) in [6.45, 7) is 8.33. The number of nitro groups is 2. The maximum absolute atomic E-state index is 13.1.